The second-order valence-corrected chi connectivity index (χ2v) is 4.63. The zero-order valence-electron chi connectivity index (χ0n) is 6.89. The normalized spacial score (nSPS) is 13.9. The highest BCUT2D eigenvalue weighted by atomic mass is 35.6. The van der Waals surface area contributed by atoms with Crippen LogP contribution in [0, 0.1) is 0 Å². The first-order valence-corrected chi connectivity index (χ1v) is 4.53. The number of carbonyl (C=O) groups excluding carboxylic acids is 1. The lowest BCUT2D eigenvalue weighted by Gasteiger charge is -2.18. The van der Waals surface area contributed by atoms with Crippen LogP contribution in [0.5, 0.6) is 0 Å². The van der Waals surface area contributed by atoms with Gasteiger partial charge in [0.2, 0.25) is 3.79 Å². The Labute approximate surface area is 91.1 Å². The quantitative estimate of drug-likeness (QED) is 0.563. The van der Waals surface area contributed by atoms with Crippen molar-refractivity contribution in [1.29, 1.82) is 0 Å². The lowest BCUT2D eigenvalue weighted by molar-refractivity contribution is -0.139. The van der Waals surface area contributed by atoms with E-state index in [2.05, 4.69) is 10.1 Å². The molecule has 13 heavy (non-hydrogen) atoms. The van der Waals surface area contributed by atoms with Crippen molar-refractivity contribution in [1.82, 2.24) is 5.32 Å². The van der Waals surface area contributed by atoms with E-state index in [1.807, 2.05) is 0 Å². The van der Waals surface area contributed by atoms with E-state index in [1.54, 1.807) is 0 Å². The molecule has 0 radical (unpaired) electrons. The average Bonchev–Trinajstić information content (AvgIpc) is 2.02. The number of rotatable bonds is 4. The van der Waals surface area contributed by atoms with Gasteiger partial charge in [0, 0.05) is 6.54 Å². The van der Waals surface area contributed by atoms with E-state index in [-0.39, 0.29) is 13.1 Å². The van der Waals surface area contributed by atoms with Crippen LogP contribution in [0.4, 0.5) is 0 Å². The molecule has 0 saturated carbocycles. The van der Waals surface area contributed by atoms with Gasteiger partial charge in [0.1, 0.15) is 6.10 Å². The summed E-state index contributed by atoms with van der Waals surface area (Å²) < 4.78 is 2.59. The maximum atomic E-state index is 10.6. The first-order valence-electron chi connectivity index (χ1n) is 3.40. The second kappa shape index (κ2) is 5.88. The van der Waals surface area contributed by atoms with Crippen molar-refractivity contribution in [2.75, 3.05) is 20.2 Å². The number of ether oxygens (including phenoxy) is 1. The molecule has 0 aliphatic carbocycles. The van der Waals surface area contributed by atoms with Gasteiger partial charge in [-0.05, 0) is 0 Å². The summed E-state index contributed by atoms with van der Waals surface area (Å²) >= 11 is 16.1. The Morgan fingerprint density at radius 3 is 2.54 bits per heavy atom. The van der Waals surface area contributed by atoms with Crippen molar-refractivity contribution in [3.8, 4) is 0 Å². The number of halogens is 3. The minimum Gasteiger partial charge on any atom is -0.468 e. The van der Waals surface area contributed by atoms with Crippen molar-refractivity contribution in [3.63, 3.8) is 0 Å². The zero-order valence-corrected chi connectivity index (χ0v) is 9.16. The van der Waals surface area contributed by atoms with Gasteiger partial charge in [0.25, 0.3) is 0 Å². The molecule has 1 unspecified atom stereocenters. The Balaban J connectivity index is 3.60. The Kier molecular flexibility index (Phi) is 6.00. The summed E-state index contributed by atoms with van der Waals surface area (Å²) in [5, 5.41) is 11.7. The monoisotopic (exact) mass is 249 g/mol. The summed E-state index contributed by atoms with van der Waals surface area (Å²) in [5.74, 6) is -0.448. The van der Waals surface area contributed by atoms with Crippen LogP contribution < -0.4 is 5.32 Å². The molecule has 0 aromatic rings. The molecular formula is C6H10Cl3NO3. The molecule has 0 aromatic heterocycles. The first-order chi connectivity index (χ1) is 5.88. The van der Waals surface area contributed by atoms with Gasteiger partial charge in [0.15, 0.2) is 0 Å². The summed E-state index contributed by atoms with van der Waals surface area (Å²) in [6.07, 6.45) is -1.16. The summed E-state index contributed by atoms with van der Waals surface area (Å²) in [4.78, 5) is 10.6. The molecule has 0 fully saturated rings. The van der Waals surface area contributed by atoms with E-state index in [9.17, 15) is 4.79 Å². The molecule has 0 spiro atoms. The van der Waals surface area contributed by atoms with Crippen molar-refractivity contribution in [2.24, 2.45) is 0 Å². The van der Waals surface area contributed by atoms with E-state index >= 15 is 0 Å². The molecule has 0 heterocycles. The highest BCUT2D eigenvalue weighted by Crippen LogP contribution is 2.29. The topological polar surface area (TPSA) is 58.6 Å². The largest absolute Gasteiger partial charge is 0.468 e. The van der Waals surface area contributed by atoms with Gasteiger partial charge in [-0.3, -0.25) is 4.79 Å². The number of alkyl halides is 3. The number of carbonyl (C=O) groups is 1. The molecule has 0 saturated heterocycles. The van der Waals surface area contributed by atoms with Gasteiger partial charge in [-0.15, -0.1) is 0 Å². The fourth-order valence-electron chi connectivity index (χ4n) is 0.499. The van der Waals surface area contributed by atoms with Crippen molar-refractivity contribution in [3.05, 3.63) is 0 Å². The molecule has 1 atom stereocenters. The summed E-state index contributed by atoms with van der Waals surface area (Å²) in [6, 6.07) is 0. The number of hydrogen-bond acceptors (Lipinski definition) is 4. The molecule has 0 aliphatic heterocycles. The zero-order chi connectivity index (χ0) is 10.5. The Bertz CT molecular complexity index is 171. The van der Waals surface area contributed by atoms with Gasteiger partial charge < -0.3 is 15.2 Å². The number of methoxy groups -OCH3 is 1. The van der Waals surface area contributed by atoms with Gasteiger partial charge >= 0.3 is 5.97 Å². The SMILES string of the molecule is COC(=O)CNCC(O)C(Cl)(Cl)Cl. The van der Waals surface area contributed by atoms with Gasteiger partial charge in [-0.1, -0.05) is 34.8 Å². The average molecular weight is 251 g/mol. The smallest absolute Gasteiger partial charge is 0.319 e. The maximum Gasteiger partial charge on any atom is 0.319 e. The van der Waals surface area contributed by atoms with E-state index in [1.165, 1.54) is 7.11 Å². The number of hydrogen-bond donors (Lipinski definition) is 2. The highest BCUT2D eigenvalue weighted by molar-refractivity contribution is 6.68. The predicted octanol–water partition coefficient (Wildman–Crippen LogP) is 0.480. The van der Waals surface area contributed by atoms with E-state index < -0.39 is 15.9 Å². The molecule has 0 aromatic carbocycles. The maximum absolute atomic E-state index is 10.6. The lowest BCUT2D eigenvalue weighted by atomic mass is 10.4. The summed E-state index contributed by atoms with van der Waals surface area (Å²) in [7, 11) is 1.26. The highest BCUT2D eigenvalue weighted by Gasteiger charge is 2.30. The third-order valence-corrected chi connectivity index (χ3v) is 1.97. The van der Waals surface area contributed by atoms with Crippen LogP contribution in [-0.4, -0.2) is 41.2 Å². The number of nitrogens with one attached hydrogen (secondary N) is 1. The first kappa shape index (κ1) is 13.3. The van der Waals surface area contributed by atoms with Crippen LogP contribution in [0.1, 0.15) is 0 Å². The molecule has 0 rings (SSSR count). The fraction of sp³-hybridized carbons (Fsp3) is 0.833. The fourth-order valence-corrected chi connectivity index (χ4v) is 0.730. The lowest BCUT2D eigenvalue weighted by Crippen LogP contribution is -2.38. The predicted molar refractivity (Wildman–Crippen MR) is 51.2 cm³/mol. The summed E-state index contributed by atoms with van der Waals surface area (Å²) in [6.45, 7) is -0.0279. The molecule has 4 nitrogen and oxygen atoms in total. The minimum atomic E-state index is -1.75. The standard InChI is InChI=1S/C6H10Cl3NO3/c1-13-5(12)3-10-2-4(11)6(7,8)9/h4,10-11H,2-3H2,1H3. The molecule has 7 heteroatoms. The summed E-state index contributed by atoms with van der Waals surface area (Å²) in [5.41, 5.74) is 0. The Morgan fingerprint density at radius 1 is 1.62 bits per heavy atom. The third-order valence-electron chi connectivity index (χ3n) is 1.21. The molecule has 0 bridgehead atoms. The second-order valence-electron chi connectivity index (χ2n) is 2.26. The van der Waals surface area contributed by atoms with Crippen LogP contribution >= 0.6 is 34.8 Å². The molecule has 0 aliphatic rings. The molecule has 0 amide bonds. The van der Waals surface area contributed by atoms with Crippen LogP contribution in [0.15, 0.2) is 0 Å². The van der Waals surface area contributed by atoms with Crippen LogP contribution in [-0.2, 0) is 9.53 Å². The number of aliphatic hydroxyl groups excluding tert-OH is 1. The molecule has 78 valence electrons. The van der Waals surface area contributed by atoms with Crippen LogP contribution in [0.3, 0.4) is 0 Å². The third kappa shape index (κ3) is 6.35. The van der Waals surface area contributed by atoms with E-state index in [0.29, 0.717) is 0 Å². The van der Waals surface area contributed by atoms with Gasteiger partial charge in [0.05, 0.1) is 13.7 Å². The molecular weight excluding hydrogens is 240 g/mol. The minimum absolute atomic E-state index is 0.00556. The van der Waals surface area contributed by atoms with Crippen molar-refractivity contribution >= 4 is 40.8 Å². The van der Waals surface area contributed by atoms with Crippen LogP contribution in [0.2, 0.25) is 0 Å². The molecule has 2 N–H and O–H groups in total. The number of esters is 1. The van der Waals surface area contributed by atoms with Crippen molar-refractivity contribution in [2.45, 2.75) is 9.90 Å². The van der Waals surface area contributed by atoms with E-state index in [0.717, 1.165) is 0 Å². The number of aliphatic hydroxyl groups is 1. The van der Waals surface area contributed by atoms with Crippen LogP contribution in [0.25, 0.3) is 0 Å². The van der Waals surface area contributed by atoms with E-state index in [4.69, 9.17) is 39.9 Å². The van der Waals surface area contributed by atoms with Crippen molar-refractivity contribution < 1.29 is 14.6 Å². The Hall–Kier alpha value is 0.260. The van der Waals surface area contributed by atoms with Gasteiger partial charge in [-0.25, -0.2) is 0 Å². The van der Waals surface area contributed by atoms with Gasteiger partial charge in [-0.2, -0.15) is 0 Å². The Morgan fingerprint density at radius 2 is 2.15 bits per heavy atom.